The van der Waals surface area contributed by atoms with E-state index in [0.717, 1.165) is 23.6 Å². The normalized spacial score (nSPS) is 13.9. The number of rotatable bonds is 10. The van der Waals surface area contributed by atoms with Crippen LogP contribution in [0.2, 0.25) is 0 Å². The van der Waals surface area contributed by atoms with E-state index in [1.807, 2.05) is 6.92 Å². The van der Waals surface area contributed by atoms with Crippen molar-refractivity contribution in [1.82, 2.24) is 5.32 Å². The van der Waals surface area contributed by atoms with Gasteiger partial charge in [0.05, 0.1) is 17.2 Å². The number of benzene rings is 2. The molecule has 0 aromatic heterocycles. The fourth-order valence-electron chi connectivity index (χ4n) is 3.60. The molecule has 0 radical (unpaired) electrons. The first-order valence-electron chi connectivity index (χ1n) is 10.9. The average molecular weight is 461 g/mol. The molecule has 3 rings (SSSR count). The Hall–Kier alpha value is -2.87. The van der Waals surface area contributed by atoms with Crippen molar-refractivity contribution in [3.05, 3.63) is 66.0 Å². The first-order valence-corrected chi connectivity index (χ1v) is 12.3. The Balaban J connectivity index is 1.76. The monoisotopic (exact) mass is 460 g/mol. The van der Waals surface area contributed by atoms with Crippen LogP contribution in [0.4, 0.5) is 10.1 Å². The van der Waals surface area contributed by atoms with Crippen LogP contribution in [0.5, 0.6) is 5.75 Å². The number of nitrogens with one attached hydrogen (secondary N) is 1. The molecule has 0 saturated carbocycles. The summed E-state index contributed by atoms with van der Waals surface area (Å²) in [7, 11) is -4.06. The van der Waals surface area contributed by atoms with Gasteiger partial charge >= 0.3 is 0 Å². The summed E-state index contributed by atoms with van der Waals surface area (Å²) in [6.07, 6.45) is 7.46. The highest BCUT2D eigenvalue weighted by molar-refractivity contribution is 7.92. The smallest absolute Gasteiger partial charge is 0.264 e. The second-order valence-corrected chi connectivity index (χ2v) is 9.46. The van der Waals surface area contributed by atoms with Crippen molar-refractivity contribution in [3.63, 3.8) is 0 Å². The molecule has 1 N–H and O–H groups in total. The van der Waals surface area contributed by atoms with Gasteiger partial charge < -0.3 is 10.1 Å². The number of ether oxygens (including phenoxy) is 1. The number of sulfonamides is 1. The average Bonchev–Trinajstić information content (AvgIpc) is 2.79. The minimum atomic E-state index is -4.06. The van der Waals surface area contributed by atoms with E-state index in [1.165, 1.54) is 54.8 Å². The second kappa shape index (κ2) is 11.1. The minimum absolute atomic E-state index is 0.0189. The molecule has 32 heavy (non-hydrogen) atoms. The van der Waals surface area contributed by atoms with E-state index < -0.39 is 28.3 Å². The number of amides is 1. The van der Waals surface area contributed by atoms with Crippen LogP contribution in [0.25, 0.3) is 0 Å². The van der Waals surface area contributed by atoms with Crippen LogP contribution in [0.15, 0.2) is 65.1 Å². The maximum atomic E-state index is 13.4. The van der Waals surface area contributed by atoms with Gasteiger partial charge in [0.2, 0.25) is 5.91 Å². The summed E-state index contributed by atoms with van der Waals surface area (Å²) in [5.74, 6) is -0.354. The highest BCUT2D eigenvalue weighted by Gasteiger charge is 2.27. The quantitative estimate of drug-likeness (QED) is 0.533. The Bertz CT molecular complexity index is 1030. The Morgan fingerprint density at radius 3 is 2.44 bits per heavy atom. The van der Waals surface area contributed by atoms with Crippen LogP contribution in [0.1, 0.15) is 39.0 Å². The number of hydrogen-bond acceptors (Lipinski definition) is 4. The van der Waals surface area contributed by atoms with Crippen LogP contribution >= 0.6 is 0 Å². The highest BCUT2D eigenvalue weighted by atomic mass is 32.2. The molecule has 0 aliphatic heterocycles. The number of anilines is 1. The van der Waals surface area contributed by atoms with Crippen molar-refractivity contribution >= 4 is 21.6 Å². The summed E-state index contributed by atoms with van der Waals surface area (Å²) in [6, 6.07) is 11.0. The molecular formula is C24H29FN2O4S. The van der Waals surface area contributed by atoms with Gasteiger partial charge in [0, 0.05) is 6.54 Å². The molecule has 1 aliphatic rings. The molecule has 0 saturated heterocycles. The van der Waals surface area contributed by atoms with E-state index in [2.05, 4.69) is 11.4 Å². The number of allylic oxidation sites excluding steroid dienone is 1. The summed E-state index contributed by atoms with van der Waals surface area (Å²) in [5.41, 5.74) is 1.54. The zero-order valence-corrected chi connectivity index (χ0v) is 19.0. The number of carbonyl (C=O) groups is 1. The maximum absolute atomic E-state index is 13.4. The minimum Gasteiger partial charge on any atom is -0.494 e. The fraction of sp³-hybridized carbons (Fsp3) is 0.375. The van der Waals surface area contributed by atoms with Gasteiger partial charge in [0.15, 0.2) is 0 Å². The summed E-state index contributed by atoms with van der Waals surface area (Å²) >= 11 is 0. The van der Waals surface area contributed by atoms with E-state index in [4.69, 9.17) is 4.74 Å². The first-order chi connectivity index (χ1) is 15.4. The Morgan fingerprint density at radius 1 is 1.09 bits per heavy atom. The van der Waals surface area contributed by atoms with Gasteiger partial charge in [-0.3, -0.25) is 9.10 Å². The topological polar surface area (TPSA) is 75.7 Å². The lowest BCUT2D eigenvalue weighted by atomic mass is 9.97. The molecule has 2 aromatic rings. The van der Waals surface area contributed by atoms with Crippen LogP contribution < -0.4 is 14.4 Å². The van der Waals surface area contributed by atoms with Gasteiger partial charge in [-0.25, -0.2) is 12.8 Å². The molecule has 6 nitrogen and oxygen atoms in total. The summed E-state index contributed by atoms with van der Waals surface area (Å²) in [4.78, 5) is 12.6. The maximum Gasteiger partial charge on any atom is 0.264 e. The van der Waals surface area contributed by atoms with Crippen molar-refractivity contribution in [3.8, 4) is 5.75 Å². The Morgan fingerprint density at radius 2 is 1.81 bits per heavy atom. The summed E-state index contributed by atoms with van der Waals surface area (Å²) in [6.45, 7) is 2.35. The van der Waals surface area contributed by atoms with E-state index in [9.17, 15) is 17.6 Å². The molecule has 0 spiro atoms. The van der Waals surface area contributed by atoms with Crippen LogP contribution in [-0.2, 0) is 14.8 Å². The molecule has 0 bridgehead atoms. The molecule has 1 aliphatic carbocycles. The molecule has 8 heteroatoms. The second-order valence-electron chi connectivity index (χ2n) is 7.60. The molecule has 2 aromatic carbocycles. The lowest BCUT2D eigenvalue weighted by Crippen LogP contribution is -2.41. The van der Waals surface area contributed by atoms with E-state index in [0.29, 0.717) is 18.9 Å². The van der Waals surface area contributed by atoms with Gasteiger partial charge in [0.25, 0.3) is 10.0 Å². The van der Waals surface area contributed by atoms with Crippen LogP contribution in [0.3, 0.4) is 0 Å². The summed E-state index contributed by atoms with van der Waals surface area (Å²) < 4.78 is 46.5. The Labute approximate surface area is 189 Å². The van der Waals surface area contributed by atoms with Crippen molar-refractivity contribution in [2.45, 2.75) is 43.9 Å². The van der Waals surface area contributed by atoms with Gasteiger partial charge in [-0.2, -0.15) is 0 Å². The number of carbonyl (C=O) groups excluding carboxylic acids is 1. The first kappa shape index (κ1) is 23.8. The molecular weight excluding hydrogens is 431 g/mol. The highest BCUT2D eigenvalue weighted by Crippen LogP contribution is 2.25. The van der Waals surface area contributed by atoms with Gasteiger partial charge in [0.1, 0.15) is 18.1 Å². The van der Waals surface area contributed by atoms with E-state index >= 15 is 0 Å². The van der Waals surface area contributed by atoms with E-state index in [1.54, 1.807) is 12.1 Å². The number of hydrogen-bond donors (Lipinski definition) is 1. The van der Waals surface area contributed by atoms with Gasteiger partial charge in [-0.15, -0.1) is 0 Å². The van der Waals surface area contributed by atoms with Crippen molar-refractivity contribution in [2.75, 3.05) is 24.0 Å². The summed E-state index contributed by atoms with van der Waals surface area (Å²) in [5, 5.41) is 2.81. The molecule has 0 fully saturated rings. The van der Waals surface area contributed by atoms with E-state index in [-0.39, 0.29) is 10.6 Å². The third kappa shape index (κ3) is 6.32. The fourth-order valence-corrected chi connectivity index (χ4v) is 5.03. The SMILES string of the molecule is CCOc1ccc(S(=O)(=O)N(CC(=O)NCCC2=CCCCC2)c2ccc(F)cc2)cc1. The molecule has 0 atom stereocenters. The van der Waals surface area contributed by atoms with Crippen LogP contribution in [0, 0.1) is 5.82 Å². The van der Waals surface area contributed by atoms with Gasteiger partial charge in [-0.1, -0.05) is 11.6 Å². The Kier molecular flexibility index (Phi) is 8.27. The molecule has 0 heterocycles. The third-order valence-corrected chi connectivity index (χ3v) is 7.07. The van der Waals surface area contributed by atoms with Crippen molar-refractivity contribution in [1.29, 1.82) is 0 Å². The predicted molar refractivity (Wildman–Crippen MR) is 123 cm³/mol. The zero-order chi connectivity index (χ0) is 23.0. The zero-order valence-electron chi connectivity index (χ0n) is 18.2. The lowest BCUT2D eigenvalue weighted by Gasteiger charge is -2.24. The molecule has 1 amide bonds. The predicted octanol–water partition coefficient (Wildman–Crippen LogP) is 4.43. The lowest BCUT2D eigenvalue weighted by molar-refractivity contribution is -0.119. The number of halogens is 1. The van der Waals surface area contributed by atoms with Crippen LogP contribution in [-0.4, -0.2) is 34.0 Å². The standard InChI is InChI=1S/C24H29FN2O4S/c1-2-31-22-12-14-23(15-13-22)32(29,30)27(21-10-8-20(25)9-11-21)18-24(28)26-17-16-19-6-4-3-5-7-19/h6,8-15H,2-5,7,16-18H2,1H3,(H,26,28). The number of nitrogens with zero attached hydrogens (tertiary/aromatic N) is 1. The van der Waals surface area contributed by atoms with Crippen molar-refractivity contribution in [2.24, 2.45) is 0 Å². The van der Waals surface area contributed by atoms with Crippen molar-refractivity contribution < 1.29 is 22.3 Å². The third-order valence-electron chi connectivity index (χ3n) is 5.28. The molecule has 0 unspecified atom stereocenters. The van der Waals surface area contributed by atoms with Gasteiger partial charge in [-0.05, 0) is 87.6 Å². The molecule has 172 valence electrons. The largest absolute Gasteiger partial charge is 0.494 e.